The van der Waals surface area contributed by atoms with Gasteiger partial charge in [-0.25, -0.2) is 0 Å². The molecule has 590 valence electrons. The molecule has 0 amide bonds. The Morgan fingerprint density at radius 1 is 0.301 bits per heavy atom. The minimum Gasteiger partial charge on any atom is -0.425 e. The van der Waals surface area contributed by atoms with Crippen LogP contribution in [0.3, 0.4) is 0 Å². The zero-order chi connectivity index (χ0) is 78.7. The Labute approximate surface area is 654 Å². The summed E-state index contributed by atoms with van der Waals surface area (Å²) in [7, 11) is 1.80. The van der Waals surface area contributed by atoms with Crippen LogP contribution in [0.5, 0.6) is 0 Å². The molecule has 0 spiro atoms. The van der Waals surface area contributed by atoms with Gasteiger partial charge in [-0.2, -0.15) is 14.2 Å². The van der Waals surface area contributed by atoms with Crippen LogP contribution in [0, 0.1) is 0 Å². The number of pyridine rings is 9. The first-order chi connectivity index (χ1) is 55.1. The predicted molar refractivity (Wildman–Crippen MR) is 427 cm³/mol. The van der Waals surface area contributed by atoms with E-state index in [0.717, 1.165) is 88.6 Å². The Balaban J connectivity index is 0.000000181. The van der Waals surface area contributed by atoms with E-state index in [1.54, 1.807) is 72.3 Å². The average molecular weight is 1530 g/mol. The Bertz CT molecular complexity index is 5150. The third-order valence-corrected chi connectivity index (χ3v) is 19.9. The van der Waals surface area contributed by atoms with Gasteiger partial charge in [0, 0.05) is 180 Å². The van der Waals surface area contributed by atoms with E-state index >= 15 is 0 Å². The summed E-state index contributed by atoms with van der Waals surface area (Å²) < 4.78 is 6.42. The van der Waals surface area contributed by atoms with Crippen LogP contribution in [-0.2, 0) is 98.8 Å². The molecule has 0 aliphatic carbocycles. The molecule has 0 saturated heterocycles. The molecular weight excluding hydrogens is 1440 g/mol. The summed E-state index contributed by atoms with van der Waals surface area (Å²) >= 11 is 0. The lowest BCUT2D eigenvalue weighted by molar-refractivity contribution is 0.0689. The summed E-state index contributed by atoms with van der Waals surface area (Å²) in [6.07, 6.45) is 3.84. The van der Waals surface area contributed by atoms with Crippen molar-refractivity contribution in [3.8, 4) is 0 Å². The van der Waals surface area contributed by atoms with E-state index in [4.69, 9.17) is 19.6 Å². The monoisotopic (exact) mass is 1530 g/mol. The van der Waals surface area contributed by atoms with Crippen LogP contribution in [0.25, 0.3) is 0 Å². The molecule has 9 aromatic heterocycles. The van der Waals surface area contributed by atoms with Crippen molar-refractivity contribution in [2.45, 2.75) is 111 Å². The second kappa shape index (κ2) is 41.0. The third-order valence-electron chi connectivity index (χ3n) is 19.9. The van der Waals surface area contributed by atoms with Crippen molar-refractivity contribution in [1.29, 1.82) is 0 Å². The number of rotatable bonds is 18. The van der Waals surface area contributed by atoms with Crippen LogP contribution >= 0.6 is 0 Å². The fraction of sp³-hybridized carbons (Fsp3) is 0.329. The molecule has 28 nitrogen and oxygen atoms in total. The van der Waals surface area contributed by atoms with Gasteiger partial charge >= 0.3 is 0 Å². The lowest BCUT2D eigenvalue weighted by Crippen LogP contribution is -2.42. The highest BCUT2D eigenvalue weighted by Crippen LogP contribution is 2.19. The topological polar surface area (TPSA) is 293 Å². The summed E-state index contributed by atoms with van der Waals surface area (Å²) in [6, 6.07) is 67.2. The van der Waals surface area contributed by atoms with Gasteiger partial charge in [-0.1, -0.05) is 122 Å². The SMILES string of the molecule is Cn1c(CN2CCN(Cc3cccc(=O)n3OCc3ccccc3)CCN(Cc3cccc(=O)n3OCc3ccccc3)Cc3cccc(n3)C2)cccc1=O.O=c1cccc(CN2CCN(Cc3cccc(=O)n3O)Cc3cccc(n3)CN(Cc3cccc(=O)n3O)CC2)n1O.c1cc2nc(c1)CNCCCCCNC2. The number of hydrogen-bond acceptors (Lipinski definition) is 22. The van der Waals surface area contributed by atoms with E-state index in [-0.39, 0.29) is 49.5 Å². The zero-order valence-corrected chi connectivity index (χ0v) is 63.8. The number of fused-ring (bicyclic) bond motifs is 6. The predicted octanol–water partition coefficient (Wildman–Crippen LogP) is 6.13. The molecule has 113 heavy (non-hydrogen) atoms. The van der Waals surface area contributed by atoms with E-state index in [1.165, 1.54) is 59.1 Å². The van der Waals surface area contributed by atoms with Crippen molar-refractivity contribution in [1.82, 2.24) is 83.2 Å². The summed E-state index contributed by atoms with van der Waals surface area (Å²) in [6.45, 7) is 13.5. The van der Waals surface area contributed by atoms with Crippen LogP contribution < -0.4 is 53.7 Å². The summed E-state index contributed by atoms with van der Waals surface area (Å²) in [5.41, 5.74) is 9.27. The molecule has 0 radical (unpaired) electrons. The highest BCUT2D eigenvalue weighted by molar-refractivity contribution is 5.20. The molecule has 12 heterocycles. The Morgan fingerprint density at radius 3 is 0.973 bits per heavy atom. The molecule has 6 bridgehead atoms. The molecule has 11 aromatic rings. The molecule has 0 atom stereocenters. The van der Waals surface area contributed by atoms with Crippen molar-refractivity contribution in [2.24, 2.45) is 7.05 Å². The van der Waals surface area contributed by atoms with Gasteiger partial charge in [-0.3, -0.25) is 73.1 Å². The largest absolute Gasteiger partial charge is 0.425 e. The van der Waals surface area contributed by atoms with E-state index in [0.29, 0.717) is 129 Å². The van der Waals surface area contributed by atoms with Crippen molar-refractivity contribution < 1.29 is 25.3 Å². The van der Waals surface area contributed by atoms with Gasteiger partial charge in [0.2, 0.25) is 5.56 Å². The quantitative estimate of drug-likeness (QED) is 0.0604. The number of nitrogens with zero attached hydrogens (tertiary/aromatic N) is 15. The number of aromatic nitrogens is 9. The van der Waals surface area contributed by atoms with Gasteiger partial charge < -0.3 is 40.5 Å². The standard InChI is InChI=1S/C44H47N7O5.C29H33N7O6.C12H19N3/c1-46-39(18-9-21-42(46)52)30-48-26-24-47(31-40-19-10-22-43(53)50(40)55-33-35-12-4-2-5-13-35)25-27-49(29-38-17-8-16-37(28-48)45-38)32-41-20-11-23-44(54)51(41)56-34-36-14-6-3-7-15-36;37-27-10-2-7-24(34(27)40)19-31-13-15-32(20-25-8-3-11-28(38)35(25)41)17-22-5-1-6-23(30-22)18-33(16-14-31)21-26-9-4-12-29(39)36(26)42;1-2-7-13-9-11-5-4-6-12(15-11)10-14-8-3-1/h2-23H,24-34H2,1H3;1-12,40-42H,13-21H2;4-6,13-14H,1-3,7-10H2. The molecule has 2 aromatic carbocycles. The van der Waals surface area contributed by atoms with Gasteiger partial charge in [0.1, 0.15) is 13.2 Å². The molecule has 14 rings (SSSR count). The number of hydrogen-bond donors (Lipinski definition) is 5. The Morgan fingerprint density at radius 2 is 0.584 bits per heavy atom. The maximum absolute atomic E-state index is 13.2. The Kier molecular flexibility index (Phi) is 29.3. The summed E-state index contributed by atoms with van der Waals surface area (Å²) in [5.74, 6) is 0. The fourth-order valence-electron chi connectivity index (χ4n) is 13.8. The maximum atomic E-state index is 13.2. The smallest absolute Gasteiger partial charge is 0.283 e. The van der Waals surface area contributed by atoms with Crippen LogP contribution in [0.15, 0.2) is 253 Å². The first-order valence-corrected chi connectivity index (χ1v) is 38.3. The first-order valence-electron chi connectivity index (χ1n) is 38.3. The van der Waals surface area contributed by atoms with Gasteiger partial charge in [-0.15, -0.1) is 9.46 Å². The number of benzene rings is 2. The molecule has 3 aliphatic heterocycles. The third kappa shape index (κ3) is 24.1. The molecule has 28 heteroatoms. The molecule has 0 fully saturated rings. The van der Waals surface area contributed by atoms with Crippen molar-refractivity contribution in [3.63, 3.8) is 0 Å². The highest BCUT2D eigenvalue weighted by atomic mass is 16.7. The summed E-state index contributed by atoms with van der Waals surface area (Å²) in [4.78, 5) is 115. The van der Waals surface area contributed by atoms with E-state index < -0.39 is 16.7 Å². The zero-order valence-electron chi connectivity index (χ0n) is 63.8. The van der Waals surface area contributed by atoms with Crippen molar-refractivity contribution >= 4 is 0 Å². The lowest BCUT2D eigenvalue weighted by atomic mass is 10.2. The first kappa shape index (κ1) is 80.8. The van der Waals surface area contributed by atoms with Crippen LogP contribution in [0.2, 0.25) is 0 Å². The molecule has 3 aliphatic rings. The minimum atomic E-state index is -0.523. The minimum absolute atomic E-state index is 0.0504. The lowest BCUT2D eigenvalue weighted by Gasteiger charge is -2.32. The van der Waals surface area contributed by atoms with Crippen molar-refractivity contribution in [2.75, 3.05) is 65.4 Å². The van der Waals surface area contributed by atoms with E-state index in [1.807, 2.05) is 115 Å². The molecule has 0 unspecified atom stereocenters. The molecule has 0 saturated carbocycles. The number of nitrogens with one attached hydrogen (secondary N) is 2. The average Bonchev–Trinajstić information content (AvgIpc) is 0.824. The van der Waals surface area contributed by atoms with Crippen LogP contribution in [0.1, 0.15) is 98.7 Å². The molecular formula is C85H99N17O11. The van der Waals surface area contributed by atoms with Gasteiger partial charge in [0.15, 0.2) is 0 Å². The van der Waals surface area contributed by atoms with Gasteiger partial charge in [-0.05, 0) is 110 Å². The van der Waals surface area contributed by atoms with Gasteiger partial charge in [0.25, 0.3) is 27.8 Å². The Hall–Kier alpha value is -11.7. The second-order valence-electron chi connectivity index (χ2n) is 28.4. The fourth-order valence-corrected chi connectivity index (χ4v) is 13.8. The molecule has 5 N–H and O–H groups in total. The van der Waals surface area contributed by atoms with E-state index in [2.05, 4.69) is 63.2 Å². The maximum Gasteiger partial charge on any atom is 0.283 e. The van der Waals surface area contributed by atoms with Crippen molar-refractivity contribution in [3.05, 3.63) is 366 Å². The van der Waals surface area contributed by atoms with Gasteiger partial charge in [0.05, 0.1) is 62.6 Å². The van der Waals surface area contributed by atoms with E-state index in [9.17, 15) is 44.4 Å². The second-order valence-corrected chi connectivity index (χ2v) is 28.4. The summed E-state index contributed by atoms with van der Waals surface area (Å²) in [5, 5.41) is 37.8. The normalized spacial score (nSPS) is 15.5. The highest BCUT2D eigenvalue weighted by Gasteiger charge is 2.24. The van der Waals surface area contributed by atoms with Crippen LogP contribution in [-0.4, -0.2) is 154 Å². The van der Waals surface area contributed by atoms with Crippen LogP contribution in [0.4, 0.5) is 0 Å².